The monoisotopic (exact) mass is 174 g/mol. The highest BCUT2D eigenvalue weighted by atomic mass is 16.5. The van der Waals surface area contributed by atoms with Crippen LogP contribution in [0.2, 0.25) is 0 Å². The van der Waals surface area contributed by atoms with Crippen molar-refractivity contribution in [2.75, 3.05) is 20.3 Å². The van der Waals surface area contributed by atoms with Crippen molar-refractivity contribution in [3.8, 4) is 0 Å². The third-order valence-corrected chi connectivity index (χ3v) is 1.89. The Hall–Kier alpha value is -0.410. The average Bonchev–Trinajstić information content (AvgIpc) is 2.10. The van der Waals surface area contributed by atoms with Crippen LogP contribution in [0.4, 0.5) is 0 Å². The van der Waals surface area contributed by atoms with Crippen LogP contribution in [0.25, 0.3) is 0 Å². The fourth-order valence-corrected chi connectivity index (χ4v) is 0.955. The van der Waals surface area contributed by atoms with E-state index in [1.165, 1.54) is 0 Å². The smallest absolute Gasteiger partial charge is 0.135 e. The van der Waals surface area contributed by atoms with Gasteiger partial charge in [-0.2, -0.15) is 0 Å². The molecule has 0 aromatic rings. The van der Waals surface area contributed by atoms with Crippen molar-refractivity contribution in [1.82, 2.24) is 0 Å². The Labute approximate surface area is 73.7 Å². The first kappa shape index (κ1) is 11.6. The van der Waals surface area contributed by atoms with Gasteiger partial charge in [0.2, 0.25) is 0 Å². The predicted octanol–water partition coefficient (Wildman–Crippen LogP) is 1.00. The Morgan fingerprint density at radius 2 is 2.25 bits per heavy atom. The van der Waals surface area contributed by atoms with Gasteiger partial charge in [0.25, 0.3) is 0 Å². The summed E-state index contributed by atoms with van der Waals surface area (Å²) in [6.07, 6.45) is 1.85. The van der Waals surface area contributed by atoms with E-state index in [4.69, 9.17) is 9.84 Å². The summed E-state index contributed by atoms with van der Waals surface area (Å²) in [5, 5.41) is 8.50. The molecule has 0 aromatic carbocycles. The average molecular weight is 174 g/mol. The van der Waals surface area contributed by atoms with Gasteiger partial charge in [0, 0.05) is 32.7 Å². The topological polar surface area (TPSA) is 46.5 Å². The Morgan fingerprint density at radius 1 is 1.58 bits per heavy atom. The lowest BCUT2D eigenvalue weighted by Crippen LogP contribution is -2.13. The second-order valence-corrected chi connectivity index (χ2v) is 2.98. The number of aliphatic hydroxyl groups is 1. The van der Waals surface area contributed by atoms with E-state index in [-0.39, 0.29) is 18.3 Å². The molecule has 0 aliphatic heterocycles. The van der Waals surface area contributed by atoms with Crippen LogP contribution in [0.15, 0.2) is 0 Å². The first-order valence-electron chi connectivity index (χ1n) is 4.35. The zero-order valence-corrected chi connectivity index (χ0v) is 7.88. The van der Waals surface area contributed by atoms with Crippen LogP contribution < -0.4 is 0 Å². The van der Waals surface area contributed by atoms with E-state index in [2.05, 4.69) is 0 Å². The summed E-state index contributed by atoms with van der Waals surface area (Å²) in [7, 11) is 1.63. The maximum Gasteiger partial charge on any atom is 0.135 e. The molecule has 72 valence electrons. The molecule has 0 bridgehead atoms. The van der Waals surface area contributed by atoms with Crippen LogP contribution >= 0.6 is 0 Å². The molecule has 0 radical (unpaired) electrons. The Morgan fingerprint density at radius 3 is 2.75 bits per heavy atom. The van der Waals surface area contributed by atoms with E-state index < -0.39 is 0 Å². The van der Waals surface area contributed by atoms with E-state index in [1.54, 1.807) is 7.11 Å². The quantitative estimate of drug-likeness (QED) is 0.626. The van der Waals surface area contributed by atoms with E-state index in [0.29, 0.717) is 19.4 Å². The van der Waals surface area contributed by atoms with Gasteiger partial charge in [-0.3, -0.25) is 4.79 Å². The Kier molecular flexibility index (Phi) is 7.00. The maximum atomic E-state index is 11.2. The lowest BCUT2D eigenvalue weighted by molar-refractivity contribution is -0.123. The van der Waals surface area contributed by atoms with Gasteiger partial charge in [0.05, 0.1) is 0 Å². The molecule has 0 aromatic heterocycles. The van der Waals surface area contributed by atoms with Crippen molar-refractivity contribution in [2.45, 2.75) is 26.2 Å². The van der Waals surface area contributed by atoms with Crippen LogP contribution in [0.1, 0.15) is 26.2 Å². The Bertz CT molecular complexity index is 123. The highest BCUT2D eigenvalue weighted by molar-refractivity contribution is 5.80. The zero-order chi connectivity index (χ0) is 9.40. The van der Waals surface area contributed by atoms with E-state index >= 15 is 0 Å². The molecule has 0 rings (SSSR count). The minimum absolute atomic E-state index is 0.0662. The third kappa shape index (κ3) is 5.27. The van der Waals surface area contributed by atoms with Gasteiger partial charge in [-0.1, -0.05) is 6.92 Å². The molecule has 0 spiro atoms. The molecular formula is C9H18O3. The molecule has 0 saturated heterocycles. The van der Waals surface area contributed by atoms with Gasteiger partial charge in [0.1, 0.15) is 5.78 Å². The summed E-state index contributed by atoms with van der Waals surface area (Å²) < 4.78 is 4.87. The number of methoxy groups -OCH3 is 1. The van der Waals surface area contributed by atoms with Crippen molar-refractivity contribution >= 4 is 5.78 Å². The highest BCUT2D eigenvalue weighted by Crippen LogP contribution is 2.07. The fourth-order valence-electron chi connectivity index (χ4n) is 0.955. The number of Topliss-reactive ketones (excluding diaryl/α,β-unsaturated/α-hetero) is 1. The number of hydrogen-bond acceptors (Lipinski definition) is 3. The number of ether oxygens (including phenoxy) is 1. The predicted molar refractivity (Wildman–Crippen MR) is 47.0 cm³/mol. The molecular weight excluding hydrogens is 156 g/mol. The molecule has 0 amide bonds. The molecule has 3 nitrogen and oxygen atoms in total. The number of aliphatic hydroxyl groups excluding tert-OH is 1. The summed E-state index contributed by atoms with van der Waals surface area (Å²) in [5.41, 5.74) is 0. The second kappa shape index (κ2) is 7.25. The van der Waals surface area contributed by atoms with Crippen molar-refractivity contribution in [2.24, 2.45) is 5.92 Å². The summed E-state index contributed by atoms with van der Waals surface area (Å²) in [6, 6.07) is 0. The molecule has 0 heterocycles. The lowest BCUT2D eigenvalue weighted by atomic mass is 9.99. The molecule has 12 heavy (non-hydrogen) atoms. The number of hydrogen-bond donors (Lipinski definition) is 1. The van der Waals surface area contributed by atoms with Gasteiger partial charge >= 0.3 is 0 Å². The van der Waals surface area contributed by atoms with Crippen LogP contribution in [0.3, 0.4) is 0 Å². The van der Waals surface area contributed by atoms with E-state index in [1.807, 2.05) is 6.92 Å². The van der Waals surface area contributed by atoms with Gasteiger partial charge in [0.15, 0.2) is 0 Å². The molecule has 1 atom stereocenters. The molecule has 1 unspecified atom stereocenters. The maximum absolute atomic E-state index is 11.2. The van der Waals surface area contributed by atoms with E-state index in [9.17, 15) is 4.79 Å². The van der Waals surface area contributed by atoms with Crippen LogP contribution in [0, 0.1) is 5.92 Å². The highest BCUT2D eigenvalue weighted by Gasteiger charge is 2.11. The van der Waals surface area contributed by atoms with E-state index in [0.717, 1.165) is 6.42 Å². The number of ketones is 1. The zero-order valence-electron chi connectivity index (χ0n) is 7.88. The summed E-state index contributed by atoms with van der Waals surface area (Å²) >= 11 is 0. The number of carbonyl (C=O) groups is 1. The SMILES string of the molecule is COCCC(C)C(=O)CCCO. The van der Waals surface area contributed by atoms with Crippen molar-refractivity contribution < 1.29 is 14.6 Å². The number of carbonyl (C=O) groups excluding carboxylic acids is 1. The second-order valence-electron chi connectivity index (χ2n) is 2.98. The van der Waals surface area contributed by atoms with Gasteiger partial charge in [-0.15, -0.1) is 0 Å². The summed E-state index contributed by atoms with van der Waals surface area (Å²) in [6.45, 7) is 2.63. The first-order chi connectivity index (χ1) is 5.72. The molecule has 0 fully saturated rings. The van der Waals surface area contributed by atoms with Crippen molar-refractivity contribution in [3.05, 3.63) is 0 Å². The van der Waals surface area contributed by atoms with Crippen LogP contribution in [-0.2, 0) is 9.53 Å². The van der Waals surface area contributed by atoms with Crippen LogP contribution in [-0.4, -0.2) is 31.2 Å². The third-order valence-electron chi connectivity index (χ3n) is 1.89. The van der Waals surface area contributed by atoms with Crippen molar-refractivity contribution in [3.63, 3.8) is 0 Å². The largest absolute Gasteiger partial charge is 0.396 e. The molecule has 1 N–H and O–H groups in total. The minimum atomic E-state index is 0.0662. The molecule has 0 aliphatic rings. The van der Waals surface area contributed by atoms with Gasteiger partial charge in [-0.25, -0.2) is 0 Å². The standard InChI is InChI=1S/C9H18O3/c1-8(5-7-12-2)9(11)4-3-6-10/h8,10H,3-7H2,1-2H3. The van der Waals surface area contributed by atoms with Crippen LogP contribution in [0.5, 0.6) is 0 Å². The normalized spacial score (nSPS) is 12.9. The first-order valence-corrected chi connectivity index (χ1v) is 4.35. The lowest BCUT2D eigenvalue weighted by Gasteiger charge is -2.08. The van der Waals surface area contributed by atoms with Gasteiger partial charge in [-0.05, 0) is 12.8 Å². The Balaban J connectivity index is 3.47. The van der Waals surface area contributed by atoms with Gasteiger partial charge < -0.3 is 9.84 Å². The summed E-state index contributed by atoms with van der Waals surface area (Å²) in [4.78, 5) is 11.2. The fraction of sp³-hybridized carbons (Fsp3) is 0.889. The molecule has 0 aliphatic carbocycles. The number of rotatable bonds is 7. The molecule has 0 saturated carbocycles. The minimum Gasteiger partial charge on any atom is -0.396 e. The summed E-state index contributed by atoms with van der Waals surface area (Å²) in [5.74, 6) is 0.289. The van der Waals surface area contributed by atoms with Crippen molar-refractivity contribution in [1.29, 1.82) is 0 Å². The molecule has 3 heteroatoms.